The molecular formula is C16H21NO5S. The molecule has 0 aromatic carbocycles. The molecule has 1 saturated heterocycles. The summed E-state index contributed by atoms with van der Waals surface area (Å²) < 4.78 is 11.2. The Bertz CT molecular complexity index is 587. The van der Waals surface area contributed by atoms with Crippen LogP contribution in [0.25, 0.3) is 0 Å². The third kappa shape index (κ3) is 3.27. The van der Waals surface area contributed by atoms with Gasteiger partial charge in [-0.15, -0.1) is 11.3 Å². The Morgan fingerprint density at radius 2 is 2.13 bits per heavy atom. The first-order valence-electron chi connectivity index (χ1n) is 7.86. The smallest absolute Gasteiger partial charge is 0.345 e. The molecule has 2 heterocycles. The van der Waals surface area contributed by atoms with E-state index in [0.29, 0.717) is 24.6 Å². The molecule has 1 aliphatic heterocycles. The van der Waals surface area contributed by atoms with Gasteiger partial charge in [0.1, 0.15) is 4.88 Å². The SMILES string of the molecule is CO[C@@H]1CCC[C@H]1[C@H]1COCCN1C(=O)c1ccc(C(=O)O)s1. The molecule has 2 fully saturated rings. The Kier molecular flexibility index (Phi) is 4.99. The van der Waals surface area contributed by atoms with Crippen LogP contribution in [0.15, 0.2) is 12.1 Å². The van der Waals surface area contributed by atoms with E-state index < -0.39 is 5.97 Å². The van der Waals surface area contributed by atoms with E-state index in [0.717, 1.165) is 30.6 Å². The second-order valence-electron chi connectivity index (χ2n) is 5.98. The molecule has 1 aromatic rings. The van der Waals surface area contributed by atoms with E-state index in [2.05, 4.69) is 0 Å². The van der Waals surface area contributed by atoms with Gasteiger partial charge in [-0.3, -0.25) is 4.79 Å². The Morgan fingerprint density at radius 1 is 1.35 bits per heavy atom. The lowest BCUT2D eigenvalue weighted by Gasteiger charge is -2.40. The highest BCUT2D eigenvalue weighted by atomic mass is 32.1. The van der Waals surface area contributed by atoms with Crippen molar-refractivity contribution in [2.75, 3.05) is 26.9 Å². The van der Waals surface area contributed by atoms with Crippen LogP contribution < -0.4 is 0 Å². The zero-order valence-corrected chi connectivity index (χ0v) is 13.9. The van der Waals surface area contributed by atoms with Gasteiger partial charge in [-0.25, -0.2) is 4.79 Å². The molecule has 3 atom stereocenters. The number of nitrogens with zero attached hydrogens (tertiary/aromatic N) is 1. The first kappa shape index (κ1) is 16.4. The van der Waals surface area contributed by atoms with Gasteiger partial charge < -0.3 is 19.5 Å². The highest BCUT2D eigenvalue weighted by Gasteiger charge is 2.40. The van der Waals surface area contributed by atoms with Gasteiger partial charge in [-0.1, -0.05) is 6.42 Å². The van der Waals surface area contributed by atoms with Gasteiger partial charge in [-0.05, 0) is 25.0 Å². The van der Waals surface area contributed by atoms with Gasteiger partial charge in [-0.2, -0.15) is 0 Å². The first-order valence-corrected chi connectivity index (χ1v) is 8.68. The summed E-state index contributed by atoms with van der Waals surface area (Å²) >= 11 is 1.03. The number of carboxylic acids is 1. The van der Waals surface area contributed by atoms with Gasteiger partial charge in [0.05, 0.1) is 30.2 Å². The van der Waals surface area contributed by atoms with Crippen molar-refractivity contribution in [2.24, 2.45) is 5.92 Å². The first-order chi connectivity index (χ1) is 11.1. The number of rotatable bonds is 4. The molecule has 23 heavy (non-hydrogen) atoms. The zero-order chi connectivity index (χ0) is 16.4. The van der Waals surface area contributed by atoms with Crippen molar-refractivity contribution in [1.82, 2.24) is 4.90 Å². The molecule has 0 spiro atoms. The largest absolute Gasteiger partial charge is 0.477 e. The second kappa shape index (κ2) is 6.98. The van der Waals surface area contributed by atoms with E-state index in [1.807, 2.05) is 4.90 Å². The maximum atomic E-state index is 12.8. The van der Waals surface area contributed by atoms with Crippen LogP contribution in [0.5, 0.6) is 0 Å². The molecule has 1 amide bonds. The number of morpholine rings is 1. The standard InChI is InChI=1S/C16H21NO5S/c1-21-12-4-2-3-10(12)11-9-22-8-7-17(11)15(18)13-5-6-14(23-13)16(19)20/h5-6,10-12H,2-4,7-9H2,1H3,(H,19,20)/t10-,11+,12+/m0/s1. The molecule has 3 rings (SSSR count). The summed E-state index contributed by atoms with van der Waals surface area (Å²) in [6, 6.07) is 3.09. The number of amides is 1. The van der Waals surface area contributed by atoms with Gasteiger partial charge >= 0.3 is 5.97 Å². The third-order valence-electron chi connectivity index (χ3n) is 4.75. The van der Waals surface area contributed by atoms with Crippen LogP contribution >= 0.6 is 11.3 Å². The molecule has 2 aliphatic rings. The van der Waals surface area contributed by atoms with Crippen LogP contribution in [0, 0.1) is 5.92 Å². The minimum absolute atomic E-state index is 0.000854. The quantitative estimate of drug-likeness (QED) is 0.909. The Labute approximate surface area is 139 Å². The highest BCUT2D eigenvalue weighted by Crippen LogP contribution is 2.35. The predicted octanol–water partition coefficient (Wildman–Crippen LogP) is 2.10. The molecule has 0 radical (unpaired) electrons. The molecular weight excluding hydrogens is 318 g/mol. The molecule has 126 valence electrons. The lowest BCUT2D eigenvalue weighted by atomic mass is 9.94. The second-order valence-corrected chi connectivity index (χ2v) is 7.06. The lowest BCUT2D eigenvalue weighted by Crippen LogP contribution is -2.53. The maximum Gasteiger partial charge on any atom is 0.345 e. The van der Waals surface area contributed by atoms with Gasteiger partial charge in [0, 0.05) is 19.6 Å². The number of hydrogen-bond donors (Lipinski definition) is 1. The van der Waals surface area contributed by atoms with E-state index >= 15 is 0 Å². The van der Waals surface area contributed by atoms with Gasteiger partial charge in [0.15, 0.2) is 0 Å². The average Bonchev–Trinajstić information content (AvgIpc) is 3.23. The lowest BCUT2D eigenvalue weighted by molar-refractivity contribution is -0.0458. The molecule has 0 unspecified atom stereocenters. The molecule has 1 N–H and O–H groups in total. The van der Waals surface area contributed by atoms with Crippen molar-refractivity contribution in [3.05, 3.63) is 21.9 Å². The number of hydrogen-bond acceptors (Lipinski definition) is 5. The van der Waals surface area contributed by atoms with Gasteiger partial charge in [0.25, 0.3) is 5.91 Å². The van der Waals surface area contributed by atoms with E-state index in [1.54, 1.807) is 13.2 Å². The van der Waals surface area contributed by atoms with Crippen LogP contribution in [0.1, 0.15) is 38.6 Å². The van der Waals surface area contributed by atoms with Crippen LogP contribution in [-0.2, 0) is 9.47 Å². The van der Waals surface area contributed by atoms with E-state index in [9.17, 15) is 9.59 Å². The fourth-order valence-electron chi connectivity index (χ4n) is 3.63. The molecule has 0 bridgehead atoms. The van der Waals surface area contributed by atoms with Crippen molar-refractivity contribution in [3.8, 4) is 0 Å². The van der Waals surface area contributed by atoms with Crippen LogP contribution in [0.3, 0.4) is 0 Å². The Morgan fingerprint density at radius 3 is 2.83 bits per heavy atom. The average molecular weight is 339 g/mol. The third-order valence-corrected chi connectivity index (χ3v) is 5.82. The number of ether oxygens (including phenoxy) is 2. The highest BCUT2D eigenvalue weighted by molar-refractivity contribution is 7.15. The summed E-state index contributed by atoms with van der Waals surface area (Å²) in [6.45, 7) is 1.58. The van der Waals surface area contributed by atoms with Crippen molar-refractivity contribution >= 4 is 23.2 Å². The number of carboxylic acid groups (broad SMARTS) is 1. The van der Waals surface area contributed by atoms with Crippen LogP contribution in [0.2, 0.25) is 0 Å². The van der Waals surface area contributed by atoms with Crippen LogP contribution in [-0.4, -0.2) is 60.9 Å². The van der Waals surface area contributed by atoms with E-state index in [4.69, 9.17) is 14.6 Å². The van der Waals surface area contributed by atoms with Crippen molar-refractivity contribution in [2.45, 2.75) is 31.4 Å². The number of aromatic carboxylic acids is 1. The van der Waals surface area contributed by atoms with E-state index in [-0.39, 0.29) is 28.8 Å². The fraction of sp³-hybridized carbons (Fsp3) is 0.625. The van der Waals surface area contributed by atoms with E-state index in [1.165, 1.54) is 6.07 Å². The molecule has 1 aromatic heterocycles. The Hall–Kier alpha value is -1.44. The Balaban J connectivity index is 1.80. The monoisotopic (exact) mass is 339 g/mol. The maximum absolute atomic E-state index is 12.8. The number of methoxy groups -OCH3 is 1. The van der Waals surface area contributed by atoms with Crippen molar-refractivity contribution in [1.29, 1.82) is 0 Å². The van der Waals surface area contributed by atoms with Crippen LogP contribution in [0.4, 0.5) is 0 Å². The fourth-order valence-corrected chi connectivity index (χ4v) is 4.43. The summed E-state index contributed by atoms with van der Waals surface area (Å²) in [7, 11) is 1.72. The molecule has 7 heteroatoms. The summed E-state index contributed by atoms with van der Waals surface area (Å²) in [5.74, 6) is -0.816. The predicted molar refractivity (Wildman–Crippen MR) is 85.1 cm³/mol. The minimum atomic E-state index is -0.997. The number of carbonyl (C=O) groups excluding carboxylic acids is 1. The zero-order valence-electron chi connectivity index (χ0n) is 13.1. The summed E-state index contributed by atoms with van der Waals surface area (Å²) in [5, 5.41) is 9.03. The van der Waals surface area contributed by atoms with Crippen molar-refractivity contribution < 1.29 is 24.2 Å². The number of thiophene rings is 1. The summed E-state index contributed by atoms with van der Waals surface area (Å²) in [5.41, 5.74) is 0. The topological polar surface area (TPSA) is 76.1 Å². The molecule has 6 nitrogen and oxygen atoms in total. The van der Waals surface area contributed by atoms with Gasteiger partial charge in [0.2, 0.25) is 0 Å². The number of carbonyl (C=O) groups is 2. The summed E-state index contributed by atoms with van der Waals surface area (Å²) in [4.78, 5) is 26.4. The summed E-state index contributed by atoms with van der Waals surface area (Å²) in [6.07, 6.45) is 3.31. The normalized spacial score (nSPS) is 28.0. The molecule has 1 aliphatic carbocycles. The minimum Gasteiger partial charge on any atom is -0.477 e. The molecule has 1 saturated carbocycles. The van der Waals surface area contributed by atoms with Crippen molar-refractivity contribution in [3.63, 3.8) is 0 Å².